The van der Waals surface area contributed by atoms with Gasteiger partial charge in [0.15, 0.2) is 0 Å². The quantitative estimate of drug-likeness (QED) is 0.754. The molecule has 2 N–H and O–H groups in total. The van der Waals surface area contributed by atoms with Gasteiger partial charge in [0.1, 0.15) is 23.9 Å². The largest absolute Gasteiger partial charge is 0.497 e. The number of carbonyl (C=O) groups is 1. The van der Waals surface area contributed by atoms with Gasteiger partial charge in [-0.15, -0.1) is 0 Å². The van der Waals surface area contributed by atoms with Gasteiger partial charge in [0.05, 0.1) is 37.0 Å². The molecule has 9 heteroatoms. The van der Waals surface area contributed by atoms with Crippen LogP contribution in [0, 0.1) is 0 Å². The molecule has 2 aliphatic heterocycles. The summed E-state index contributed by atoms with van der Waals surface area (Å²) in [6, 6.07) is 5.15. The summed E-state index contributed by atoms with van der Waals surface area (Å²) < 4.78 is 17.4. The molecule has 1 aromatic heterocycles. The van der Waals surface area contributed by atoms with Gasteiger partial charge in [-0.3, -0.25) is 14.3 Å². The molecule has 0 bridgehead atoms. The van der Waals surface area contributed by atoms with Gasteiger partial charge >= 0.3 is 11.7 Å². The molecule has 28 heavy (non-hydrogen) atoms. The fraction of sp³-hybridized carbons (Fsp3) is 0.316. The Hall–Kier alpha value is -3.49. The van der Waals surface area contributed by atoms with Crippen LogP contribution in [0.3, 0.4) is 0 Å². The van der Waals surface area contributed by atoms with Crippen molar-refractivity contribution < 1.29 is 19.0 Å². The van der Waals surface area contributed by atoms with Gasteiger partial charge in [-0.2, -0.15) is 0 Å². The van der Waals surface area contributed by atoms with Crippen LogP contribution >= 0.6 is 0 Å². The van der Waals surface area contributed by atoms with E-state index in [-0.39, 0.29) is 12.2 Å². The first kappa shape index (κ1) is 17.9. The van der Waals surface area contributed by atoms with Crippen molar-refractivity contribution >= 4 is 11.8 Å². The Balaban J connectivity index is 2.08. The van der Waals surface area contributed by atoms with Gasteiger partial charge in [0.25, 0.3) is 5.56 Å². The number of aromatic nitrogens is 2. The maximum Gasteiger partial charge on any atom is 0.337 e. The van der Waals surface area contributed by atoms with Crippen LogP contribution in [0.15, 0.2) is 39.1 Å². The average molecular weight is 385 g/mol. The molecule has 0 aliphatic carbocycles. The lowest BCUT2D eigenvalue weighted by Gasteiger charge is -2.28. The third kappa shape index (κ3) is 2.50. The van der Waals surface area contributed by atoms with Gasteiger partial charge in [0, 0.05) is 12.1 Å². The minimum atomic E-state index is -0.770. The molecule has 0 radical (unpaired) electrons. The van der Waals surface area contributed by atoms with Crippen LogP contribution in [0.1, 0.15) is 24.0 Å². The Kier molecular flexibility index (Phi) is 4.21. The van der Waals surface area contributed by atoms with E-state index in [4.69, 9.17) is 14.2 Å². The molecular weight excluding hydrogens is 366 g/mol. The number of ether oxygens (including phenoxy) is 3. The van der Waals surface area contributed by atoms with E-state index >= 15 is 0 Å². The van der Waals surface area contributed by atoms with Crippen LogP contribution in [-0.2, 0) is 16.1 Å². The second kappa shape index (κ2) is 6.59. The molecule has 0 saturated carbocycles. The molecule has 0 spiro atoms. The van der Waals surface area contributed by atoms with Crippen molar-refractivity contribution in [1.29, 1.82) is 0 Å². The molecular formula is C19H19N3O6. The summed E-state index contributed by atoms with van der Waals surface area (Å²) in [7, 11) is 3.03. The van der Waals surface area contributed by atoms with Crippen LogP contribution in [-0.4, -0.2) is 36.3 Å². The summed E-state index contributed by atoms with van der Waals surface area (Å²) >= 11 is 0. The number of esters is 1. The number of methoxy groups -OCH3 is 2. The number of carbonyl (C=O) groups excluding carboxylic acids is 1. The molecule has 146 valence electrons. The summed E-state index contributed by atoms with van der Waals surface area (Å²) in [6.07, 6.45) is 0. The number of hydrogen-bond donors (Lipinski definition) is 2. The van der Waals surface area contributed by atoms with E-state index in [0.717, 1.165) is 0 Å². The number of aromatic amines is 1. The summed E-state index contributed by atoms with van der Waals surface area (Å²) in [6.45, 7) is 2.18. The van der Waals surface area contributed by atoms with E-state index < -0.39 is 23.1 Å². The normalized spacial score (nSPS) is 17.5. The summed E-state index contributed by atoms with van der Waals surface area (Å²) in [5.74, 6) is 0.0942. The van der Waals surface area contributed by atoms with Crippen molar-refractivity contribution in [3.8, 4) is 11.5 Å². The highest BCUT2D eigenvalue weighted by atomic mass is 16.5. The van der Waals surface area contributed by atoms with E-state index in [0.29, 0.717) is 40.7 Å². The molecule has 1 atom stereocenters. The van der Waals surface area contributed by atoms with Crippen molar-refractivity contribution in [3.63, 3.8) is 0 Å². The predicted octanol–water partition coefficient (Wildman–Crippen LogP) is 0.942. The van der Waals surface area contributed by atoms with Crippen LogP contribution in [0.4, 0.5) is 5.82 Å². The SMILES string of the molecule is CCn1c2c(c(=O)[nH]c1=O)C(c1cc(OC)ccc1OC)C1=C(COC1=O)N2. The number of hydrogen-bond acceptors (Lipinski definition) is 7. The number of anilines is 1. The van der Waals surface area contributed by atoms with Crippen LogP contribution < -0.4 is 26.0 Å². The van der Waals surface area contributed by atoms with E-state index in [1.807, 2.05) is 0 Å². The first-order chi connectivity index (χ1) is 13.5. The smallest absolute Gasteiger partial charge is 0.337 e. The molecule has 2 aliphatic rings. The zero-order valence-electron chi connectivity index (χ0n) is 15.6. The van der Waals surface area contributed by atoms with Gasteiger partial charge in [-0.05, 0) is 25.1 Å². The zero-order chi connectivity index (χ0) is 20.0. The molecule has 3 heterocycles. The highest BCUT2D eigenvalue weighted by Crippen LogP contribution is 2.45. The fourth-order valence-electron chi connectivity index (χ4n) is 3.77. The molecule has 9 nitrogen and oxygen atoms in total. The number of benzene rings is 1. The van der Waals surface area contributed by atoms with Gasteiger partial charge < -0.3 is 19.5 Å². The maximum absolute atomic E-state index is 12.8. The van der Waals surface area contributed by atoms with Gasteiger partial charge in [-0.25, -0.2) is 9.59 Å². The molecule has 4 rings (SSSR count). The Bertz CT molecular complexity index is 1130. The predicted molar refractivity (Wildman–Crippen MR) is 100.0 cm³/mol. The lowest BCUT2D eigenvalue weighted by atomic mass is 9.82. The Labute approximate surface area is 159 Å². The number of H-pyrrole nitrogens is 1. The first-order valence-electron chi connectivity index (χ1n) is 8.76. The lowest BCUT2D eigenvalue weighted by molar-refractivity contribution is -0.136. The number of cyclic esters (lactones) is 1. The van der Waals surface area contributed by atoms with Crippen LogP contribution in [0.2, 0.25) is 0 Å². The van der Waals surface area contributed by atoms with E-state index in [1.165, 1.54) is 18.8 Å². The van der Waals surface area contributed by atoms with Crippen molar-refractivity contribution in [2.75, 3.05) is 26.1 Å². The number of nitrogens with zero attached hydrogens (tertiary/aromatic N) is 1. The van der Waals surface area contributed by atoms with Crippen molar-refractivity contribution in [2.45, 2.75) is 19.4 Å². The highest BCUT2D eigenvalue weighted by molar-refractivity contribution is 5.97. The van der Waals surface area contributed by atoms with E-state index in [9.17, 15) is 14.4 Å². The minimum Gasteiger partial charge on any atom is -0.497 e. The molecule has 0 saturated heterocycles. The maximum atomic E-state index is 12.8. The second-order valence-electron chi connectivity index (χ2n) is 6.40. The number of rotatable bonds is 4. The van der Waals surface area contributed by atoms with Crippen molar-refractivity contribution in [3.05, 3.63) is 61.4 Å². The third-order valence-corrected chi connectivity index (χ3v) is 5.04. The van der Waals surface area contributed by atoms with Crippen molar-refractivity contribution in [2.24, 2.45) is 0 Å². The Morgan fingerprint density at radius 1 is 1.21 bits per heavy atom. The van der Waals surface area contributed by atoms with Gasteiger partial charge in [-0.1, -0.05) is 0 Å². The highest BCUT2D eigenvalue weighted by Gasteiger charge is 2.42. The van der Waals surface area contributed by atoms with Crippen LogP contribution in [0.25, 0.3) is 0 Å². The van der Waals surface area contributed by atoms with Gasteiger partial charge in [0.2, 0.25) is 0 Å². The summed E-state index contributed by atoms with van der Waals surface area (Å²) in [5.41, 5.74) is 0.585. The third-order valence-electron chi connectivity index (χ3n) is 5.04. The Morgan fingerprint density at radius 2 is 2.00 bits per heavy atom. The fourth-order valence-corrected chi connectivity index (χ4v) is 3.77. The minimum absolute atomic E-state index is 0.0428. The topological polar surface area (TPSA) is 112 Å². The molecule has 2 aromatic rings. The van der Waals surface area contributed by atoms with E-state index in [1.54, 1.807) is 25.1 Å². The molecule has 1 aromatic carbocycles. The number of nitrogens with one attached hydrogen (secondary N) is 2. The second-order valence-corrected chi connectivity index (χ2v) is 6.40. The molecule has 1 unspecified atom stereocenters. The standard InChI is InChI=1S/C19H19N3O6/c1-4-22-16-15(17(23)21-19(22)25)13(14-11(20-16)8-28-18(14)24)10-7-9(26-2)5-6-12(10)27-3/h5-7,13,20H,4,8H2,1-3H3,(H,21,23,25). The van der Waals surface area contributed by atoms with Crippen molar-refractivity contribution in [1.82, 2.24) is 9.55 Å². The van der Waals surface area contributed by atoms with Crippen LogP contribution in [0.5, 0.6) is 11.5 Å². The zero-order valence-corrected chi connectivity index (χ0v) is 15.6. The first-order valence-corrected chi connectivity index (χ1v) is 8.76. The lowest BCUT2D eigenvalue weighted by Crippen LogP contribution is -2.38. The van der Waals surface area contributed by atoms with E-state index in [2.05, 4.69) is 10.3 Å². The average Bonchev–Trinajstić information content (AvgIpc) is 3.06. The number of fused-ring (bicyclic) bond motifs is 1. The summed E-state index contributed by atoms with van der Waals surface area (Å²) in [5, 5.41) is 3.06. The molecule has 0 fully saturated rings. The molecule has 0 amide bonds. The summed E-state index contributed by atoms with van der Waals surface area (Å²) in [4.78, 5) is 40.0. The monoisotopic (exact) mass is 385 g/mol. The Morgan fingerprint density at radius 3 is 2.68 bits per heavy atom.